The van der Waals surface area contributed by atoms with Crippen LogP contribution in [0.3, 0.4) is 0 Å². The first-order chi connectivity index (χ1) is 13.4. The third-order valence-corrected chi connectivity index (χ3v) is 7.34. The van der Waals surface area contributed by atoms with Crippen molar-refractivity contribution in [1.82, 2.24) is 4.31 Å². The quantitative estimate of drug-likeness (QED) is 0.636. The number of hydrogen-bond donors (Lipinski definition) is 0. The Bertz CT molecular complexity index is 1010. The van der Waals surface area contributed by atoms with Crippen molar-refractivity contribution < 1.29 is 12.8 Å². The topological polar surface area (TPSA) is 64.4 Å². The molecule has 0 N–H and O–H groups in total. The van der Waals surface area contributed by atoms with Gasteiger partial charge in [0.1, 0.15) is 17.1 Å². The van der Waals surface area contributed by atoms with Crippen LogP contribution >= 0.6 is 23.2 Å². The number of halogens is 3. The SMILES string of the molecule is N#Cc1ccc(N(Cc2ccccc2F)[C@H]2CCN(S(=O)(=O)CCl)C2)cc1Cl. The Labute approximate surface area is 173 Å². The largest absolute Gasteiger partial charge is 0.363 e. The zero-order valence-corrected chi connectivity index (χ0v) is 17.2. The fourth-order valence-electron chi connectivity index (χ4n) is 3.30. The van der Waals surface area contributed by atoms with Gasteiger partial charge in [-0.1, -0.05) is 29.8 Å². The van der Waals surface area contributed by atoms with Crippen LogP contribution in [0.5, 0.6) is 0 Å². The lowest BCUT2D eigenvalue weighted by Gasteiger charge is -2.32. The van der Waals surface area contributed by atoms with E-state index >= 15 is 0 Å². The molecule has 0 radical (unpaired) electrons. The molecule has 3 rings (SSSR count). The second-order valence-corrected chi connectivity index (χ2v) is 9.48. The van der Waals surface area contributed by atoms with Crippen molar-refractivity contribution in [3.8, 4) is 6.07 Å². The molecule has 1 fully saturated rings. The van der Waals surface area contributed by atoms with Crippen molar-refractivity contribution >= 4 is 38.9 Å². The van der Waals surface area contributed by atoms with Crippen molar-refractivity contribution in [3.05, 3.63) is 64.4 Å². The number of hydrogen-bond acceptors (Lipinski definition) is 4. The van der Waals surface area contributed by atoms with Gasteiger partial charge in [-0.2, -0.15) is 9.57 Å². The predicted molar refractivity (Wildman–Crippen MR) is 108 cm³/mol. The maximum atomic E-state index is 14.3. The molecule has 2 aromatic carbocycles. The van der Waals surface area contributed by atoms with Crippen molar-refractivity contribution in [1.29, 1.82) is 5.26 Å². The van der Waals surface area contributed by atoms with Crippen molar-refractivity contribution in [2.24, 2.45) is 0 Å². The Hall–Kier alpha value is -1.85. The van der Waals surface area contributed by atoms with Crippen molar-refractivity contribution in [3.63, 3.8) is 0 Å². The Kier molecular flexibility index (Phi) is 6.46. The van der Waals surface area contributed by atoms with Crippen LogP contribution < -0.4 is 4.90 Å². The van der Waals surface area contributed by atoms with E-state index in [0.29, 0.717) is 34.8 Å². The molecular formula is C19H18Cl2FN3O2S. The number of alkyl halides is 1. The molecule has 1 heterocycles. The summed E-state index contributed by atoms with van der Waals surface area (Å²) in [6.07, 6.45) is 0.572. The molecule has 9 heteroatoms. The first kappa shape index (κ1) is 20.9. The van der Waals surface area contributed by atoms with E-state index in [1.807, 2.05) is 11.0 Å². The first-order valence-corrected chi connectivity index (χ1v) is 11.1. The van der Waals surface area contributed by atoms with Gasteiger partial charge in [0.15, 0.2) is 0 Å². The first-order valence-electron chi connectivity index (χ1n) is 8.59. The Morgan fingerprint density at radius 2 is 2.04 bits per heavy atom. The van der Waals surface area contributed by atoms with E-state index in [9.17, 15) is 12.8 Å². The molecule has 0 amide bonds. The lowest BCUT2D eigenvalue weighted by molar-refractivity contribution is 0.471. The van der Waals surface area contributed by atoms with Crippen LogP contribution in [0.2, 0.25) is 5.02 Å². The Morgan fingerprint density at radius 3 is 2.68 bits per heavy atom. The summed E-state index contributed by atoms with van der Waals surface area (Å²) >= 11 is 11.8. The fraction of sp³-hybridized carbons (Fsp3) is 0.316. The molecule has 5 nitrogen and oxygen atoms in total. The van der Waals surface area contributed by atoms with Gasteiger partial charge in [-0.25, -0.2) is 12.8 Å². The maximum absolute atomic E-state index is 14.3. The summed E-state index contributed by atoms with van der Waals surface area (Å²) in [4.78, 5) is 1.93. The molecule has 0 bridgehead atoms. The number of sulfonamides is 1. The zero-order valence-electron chi connectivity index (χ0n) is 14.9. The van der Waals surface area contributed by atoms with E-state index in [-0.39, 0.29) is 24.9 Å². The van der Waals surface area contributed by atoms with Gasteiger partial charge in [0.05, 0.1) is 10.6 Å². The second kappa shape index (κ2) is 8.66. The van der Waals surface area contributed by atoms with Gasteiger partial charge >= 0.3 is 0 Å². The van der Waals surface area contributed by atoms with Gasteiger partial charge < -0.3 is 4.90 Å². The van der Waals surface area contributed by atoms with Crippen LogP contribution in [0, 0.1) is 17.1 Å². The van der Waals surface area contributed by atoms with E-state index in [4.69, 9.17) is 28.5 Å². The zero-order chi connectivity index (χ0) is 20.3. The summed E-state index contributed by atoms with van der Waals surface area (Å²) in [5.74, 6) is -0.338. The average molecular weight is 442 g/mol. The normalized spacial score (nSPS) is 17.4. The van der Waals surface area contributed by atoms with Gasteiger partial charge in [0, 0.05) is 36.9 Å². The molecule has 1 aliphatic heterocycles. The van der Waals surface area contributed by atoms with Crippen molar-refractivity contribution in [2.75, 3.05) is 23.2 Å². The second-order valence-electron chi connectivity index (χ2n) is 6.52. The van der Waals surface area contributed by atoms with Gasteiger partial charge in [-0.3, -0.25) is 0 Å². The number of rotatable bonds is 6. The van der Waals surface area contributed by atoms with E-state index < -0.39 is 15.2 Å². The molecular weight excluding hydrogens is 424 g/mol. The summed E-state index contributed by atoms with van der Waals surface area (Å²) in [5, 5.41) is 8.92. The highest BCUT2D eigenvalue weighted by molar-refractivity contribution is 7.90. The van der Waals surface area contributed by atoms with Crippen LogP contribution in [0.15, 0.2) is 42.5 Å². The van der Waals surface area contributed by atoms with Gasteiger partial charge in [0.2, 0.25) is 10.0 Å². The standard InChI is InChI=1S/C19H18Cl2FN3O2S/c20-13-28(26,27)24-8-7-17(12-24)25(11-15-3-1-2-4-19(15)22)16-6-5-14(10-23)18(21)9-16/h1-6,9,17H,7-8,11-13H2/t17-/m0/s1. The maximum Gasteiger partial charge on any atom is 0.228 e. The highest BCUT2D eigenvalue weighted by Gasteiger charge is 2.34. The molecule has 28 heavy (non-hydrogen) atoms. The molecule has 148 valence electrons. The monoisotopic (exact) mass is 441 g/mol. The minimum Gasteiger partial charge on any atom is -0.363 e. The molecule has 2 aromatic rings. The Balaban J connectivity index is 1.95. The highest BCUT2D eigenvalue weighted by Crippen LogP contribution is 2.30. The smallest absolute Gasteiger partial charge is 0.228 e. The van der Waals surface area contributed by atoms with Gasteiger partial charge in [-0.15, -0.1) is 11.6 Å². The van der Waals surface area contributed by atoms with E-state index in [2.05, 4.69) is 0 Å². The van der Waals surface area contributed by atoms with Crippen LogP contribution in [-0.2, 0) is 16.6 Å². The molecule has 1 saturated heterocycles. The third kappa shape index (κ3) is 4.41. The molecule has 0 aliphatic carbocycles. The van der Waals surface area contributed by atoms with Crippen LogP contribution in [0.25, 0.3) is 0 Å². The van der Waals surface area contributed by atoms with Crippen LogP contribution in [-0.4, -0.2) is 37.1 Å². The molecule has 0 spiro atoms. The minimum atomic E-state index is -3.52. The number of nitrogens with zero attached hydrogens (tertiary/aromatic N) is 3. The van der Waals surface area contributed by atoms with Gasteiger partial charge in [0.25, 0.3) is 0 Å². The molecule has 0 aromatic heterocycles. The number of benzene rings is 2. The van der Waals surface area contributed by atoms with Crippen molar-refractivity contribution in [2.45, 2.75) is 19.0 Å². The molecule has 0 unspecified atom stereocenters. The van der Waals surface area contributed by atoms with Gasteiger partial charge in [-0.05, 0) is 30.7 Å². The van der Waals surface area contributed by atoms with E-state index in [1.165, 1.54) is 10.4 Å². The fourth-order valence-corrected chi connectivity index (χ4v) is 4.85. The van der Waals surface area contributed by atoms with E-state index in [0.717, 1.165) is 0 Å². The average Bonchev–Trinajstić information content (AvgIpc) is 3.18. The van der Waals surface area contributed by atoms with Crippen LogP contribution in [0.1, 0.15) is 17.5 Å². The van der Waals surface area contributed by atoms with Crippen LogP contribution in [0.4, 0.5) is 10.1 Å². The summed E-state index contributed by atoms with van der Waals surface area (Å²) in [5.41, 5.74) is 1.53. The predicted octanol–water partition coefficient (Wildman–Crippen LogP) is 3.96. The lowest BCUT2D eigenvalue weighted by atomic mass is 10.1. The number of anilines is 1. The summed E-state index contributed by atoms with van der Waals surface area (Å²) in [6, 6.07) is 13.3. The molecule has 1 aliphatic rings. The summed E-state index contributed by atoms with van der Waals surface area (Å²) in [6.45, 7) is 0.840. The molecule has 0 saturated carbocycles. The summed E-state index contributed by atoms with van der Waals surface area (Å²) < 4.78 is 39.8. The van der Waals surface area contributed by atoms with E-state index in [1.54, 1.807) is 36.4 Å². The molecule has 1 atom stereocenters. The highest BCUT2D eigenvalue weighted by atomic mass is 35.5. The Morgan fingerprint density at radius 1 is 1.29 bits per heavy atom. The lowest BCUT2D eigenvalue weighted by Crippen LogP contribution is -2.39. The number of nitriles is 1. The third-order valence-electron chi connectivity index (χ3n) is 4.80. The summed E-state index contributed by atoms with van der Waals surface area (Å²) in [7, 11) is -3.52. The minimum absolute atomic E-state index is 0.179.